The molecule has 166 valence electrons. The van der Waals surface area contributed by atoms with Gasteiger partial charge in [0, 0.05) is 23.4 Å². The van der Waals surface area contributed by atoms with Gasteiger partial charge in [-0.3, -0.25) is 14.6 Å². The van der Waals surface area contributed by atoms with Gasteiger partial charge in [-0.1, -0.05) is 26.8 Å². The zero-order valence-electron chi connectivity index (χ0n) is 17.7. The summed E-state index contributed by atoms with van der Waals surface area (Å²) >= 11 is 0. The van der Waals surface area contributed by atoms with E-state index in [1.807, 2.05) is 20.8 Å². The van der Waals surface area contributed by atoms with E-state index >= 15 is 0 Å². The predicted molar refractivity (Wildman–Crippen MR) is 110 cm³/mol. The second-order valence-corrected chi connectivity index (χ2v) is 8.52. The highest BCUT2D eigenvalue weighted by Gasteiger charge is 2.46. The minimum absolute atomic E-state index is 0.00321. The lowest BCUT2D eigenvalue weighted by Gasteiger charge is -2.26. The van der Waals surface area contributed by atoms with Crippen molar-refractivity contribution in [3.05, 3.63) is 53.4 Å². The molecule has 7 nitrogen and oxygen atoms in total. The number of carbonyl (C=O) groups is 2. The summed E-state index contributed by atoms with van der Waals surface area (Å²) in [6, 6.07) is 5.28. The molecule has 2 aromatic rings. The number of carbonyl (C=O) groups excluding carboxylic acids is 2. The van der Waals surface area contributed by atoms with E-state index in [-0.39, 0.29) is 23.0 Å². The molecular formula is C22H25F2N3O4. The normalized spacial score (nSPS) is 21.0. The predicted octanol–water partition coefficient (Wildman–Crippen LogP) is 3.39. The van der Waals surface area contributed by atoms with Crippen molar-refractivity contribution in [1.82, 2.24) is 4.98 Å². The molecule has 1 saturated heterocycles. The number of rotatable bonds is 5. The Morgan fingerprint density at radius 1 is 1.26 bits per heavy atom. The lowest BCUT2D eigenvalue weighted by molar-refractivity contribution is -0.129. The summed E-state index contributed by atoms with van der Waals surface area (Å²) in [5, 5.41) is 2.69. The average Bonchev–Trinajstić information content (AvgIpc) is 3.16. The van der Waals surface area contributed by atoms with Gasteiger partial charge in [-0.15, -0.1) is 0 Å². The van der Waals surface area contributed by atoms with Crippen molar-refractivity contribution in [3.8, 4) is 5.75 Å². The van der Waals surface area contributed by atoms with E-state index in [0.717, 1.165) is 6.07 Å². The Kier molecular flexibility index (Phi) is 6.26. The molecule has 0 radical (unpaired) electrons. The summed E-state index contributed by atoms with van der Waals surface area (Å²) in [5.74, 6) is -4.20. The average molecular weight is 433 g/mol. The van der Waals surface area contributed by atoms with Crippen molar-refractivity contribution in [3.63, 3.8) is 0 Å². The molecule has 1 aromatic heterocycles. The van der Waals surface area contributed by atoms with E-state index in [2.05, 4.69) is 10.3 Å². The zero-order chi connectivity index (χ0) is 22.9. The fraction of sp³-hybridized carbons (Fsp3) is 0.409. The number of benzene rings is 1. The second kappa shape index (κ2) is 8.58. The third-order valence-corrected chi connectivity index (χ3v) is 5.33. The molecule has 3 rings (SSSR count). The molecular weight excluding hydrogens is 408 g/mol. The first-order valence-corrected chi connectivity index (χ1v) is 9.77. The SMILES string of the molecule is COc1c([C@@H]2C[C@H](C(C)(C)C)O[C@H]2C(=O)Nc2ccnc(C(N)=O)c2)ccc(F)c1F. The van der Waals surface area contributed by atoms with Crippen LogP contribution in [0.15, 0.2) is 30.5 Å². The number of hydrogen-bond acceptors (Lipinski definition) is 5. The van der Waals surface area contributed by atoms with Crippen molar-refractivity contribution in [2.75, 3.05) is 12.4 Å². The van der Waals surface area contributed by atoms with Crippen LogP contribution in [0.3, 0.4) is 0 Å². The molecule has 3 atom stereocenters. The number of nitrogens with two attached hydrogens (primary N) is 1. The van der Waals surface area contributed by atoms with Crippen molar-refractivity contribution in [1.29, 1.82) is 0 Å². The van der Waals surface area contributed by atoms with Crippen LogP contribution in [0.5, 0.6) is 5.75 Å². The van der Waals surface area contributed by atoms with Gasteiger partial charge in [0.25, 0.3) is 11.8 Å². The quantitative estimate of drug-likeness (QED) is 0.752. The molecule has 0 unspecified atom stereocenters. The van der Waals surface area contributed by atoms with E-state index in [1.165, 1.54) is 31.5 Å². The molecule has 0 saturated carbocycles. The first-order valence-electron chi connectivity index (χ1n) is 9.77. The number of amides is 2. The van der Waals surface area contributed by atoms with Crippen LogP contribution in [-0.4, -0.2) is 36.1 Å². The highest BCUT2D eigenvalue weighted by Crippen LogP contribution is 2.45. The lowest BCUT2D eigenvalue weighted by Crippen LogP contribution is -2.34. The number of nitrogens with zero attached hydrogens (tertiary/aromatic N) is 1. The van der Waals surface area contributed by atoms with Crippen molar-refractivity contribution >= 4 is 17.5 Å². The summed E-state index contributed by atoms with van der Waals surface area (Å²) in [6.07, 6.45) is 0.447. The molecule has 3 N–H and O–H groups in total. The first kappa shape index (κ1) is 22.6. The van der Waals surface area contributed by atoms with Crippen molar-refractivity contribution in [2.24, 2.45) is 11.1 Å². The standard InChI is InChI=1S/C22H25F2N3O4/c1-22(2,3)16-10-13(12-5-6-14(23)17(24)18(12)30-4)19(31-16)21(29)27-11-7-8-26-15(9-11)20(25)28/h5-9,13,16,19H,10H2,1-4H3,(H2,25,28)(H,26,27,29)/t13-,16+,19+/m0/s1. The monoisotopic (exact) mass is 433 g/mol. The Bertz CT molecular complexity index is 1010. The number of primary amides is 1. The van der Waals surface area contributed by atoms with Gasteiger partial charge in [-0.05, 0) is 30.0 Å². The third kappa shape index (κ3) is 4.66. The Balaban J connectivity index is 1.96. The van der Waals surface area contributed by atoms with E-state index in [9.17, 15) is 18.4 Å². The van der Waals surface area contributed by atoms with Crippen LogP contribution in [0.4, 0.5) is 14.5 Å². The smallest absolute Gasteiger partial charge is 0.267 e. The fourth-order valence-corrected chi connectivity index (χ4v) is 3.68. The number of hydrogen-bond donors (Lipinski definition) is 2. The van der Waals surface area contributed by atoms with Gasteiger partial charge in [0.2, 0.25) is 5.82 Å². The number of pyridine rings is 1. The Labute approximate surface area is 178 Å². The molecule has 1 aromatic carbocycles. The first-order chi connectivity index (χ1) is 14.5. The second-order valence-electron chi connectivity index (χ2n) is 8.52. The van der Waals surface area contributed by atoms with Crippen LogP contribution in [-0.2, 0) is 9.53 Å². The Morgan fingerprint density at radius 2 is 1.97 bits per heavy atom. The summed E-state index contributed by atoms with van der Waals surface area (Å²) in [5.41, 5.74) is 5.60. The van der Waals surface area contributed by atoms with Crippen molar-refractivity contribution < 1.29 is 27.8 Å². The van der Waals surface area contributed by atoms with Crippen LogP contribution in [0.2, 0.25) is 0 Å². The van der Waals surface area contributed by atoms with Crippen LogP contribution < -0.4 is 15.8 Å². The number of nitrogens with one attached hydrogen (secondary N) is 1. The molecule has 2 amide bonds. The van der Waals surface area contributed by atoms with Gasteiger partial charge < -0.3 is 20.5 Å². The van der Waals surface area contributed by atoms with E-state index in [1.54, 1.807) is 0 Å². The molecule has 1 fully saturated rings. The zero-order valence-corrected chi connectivity index (χ0v) is 17.7. The van der Waals surface area contributed by atoms with Crippen LogP contribution in [0.25, 0.3) is 0 Å². The van der Waals surface area contributed by atoms with E-state index in [4.69, 9.17) is 15.2 Å². The maximum atomic E-state index is 14.4. The summed E-state index contributed by atoms with van der Waals surface area (Å²) in [6.45, 7) is 5.92. The minimum Gasteiger partial charge on any atom is -0.493 e. The molecule has 0 spiro atoms. The van der Waals surface area contributed by atoms with Gasteiger partial charge >= 0.3 is 0 Å². The van der Waals surface area contributed by atoms with Crippen LogP contribution >= 0.6 is 0 Å². The highest BCUT2D eigenvalue weighted by atomic mass is 19.2. The number of ether oxygens (including phenoxy) is 2. The van der Waals surface area contributed by atoms with E-state index < -0.39 is 35.5 Å². The van der Waals surface area contributed by atoms with Gasteiger partial charge in [-0.2, -0.15) is 4.39 Å². The summed E-state index contributed by atoms with van der Waals surface area (Å²) in [4.78, 5) is 28.3. The van der Waals surface area contributed by atoms with E-state index in [0.29, 0.717) is 17.7 Å². The Morgan fingerprint density at radius 3 is 2.58 bits per heavy atom. The van der Waals surface area contributed by atoms with Gasteiger partial charge in [-0.25, -0.2) is 4.39 Å². The summed E-state index contributed by atoms with van der Waals surface area (Å²) in [7, 11) is 1.25. The number of anilines is 1. The third-order valence-electron chi connectivity index (χ3n) is 5.33. The molecule has 1 aliphatic heterocycles. The van der Waals surface area contributed by atoms with Crippen LogP contribution in [0, 0.1) is 17.0 Å². The molecule has 2 heterocycles. The molecule has 31 heavy (non-hydrogen) atoms. The minimum atomic E-state index is -1.11. The topological polar surface area (TPSA) is 104 Å². The highest BCUT2D eigenvalue weighted by molar-refractivity contribution is 5.97. The van der Waals surface area contributed by atoms with Crippen LogP contribution in [0.1, 0.15) is 49.2 Å². The molecule has 0 aliphatic carbocycles. The number of halogens is 2. The number of aromatic nitrogens is 1. The maximum Gasteiger partial charge on any atom is 0.267 e. The molecule has 1 aliphatic rings. The molecule has 9 heteroatoms. The fourth-order valence-electron chi connectivity index (χ4n) is 3.68. The largest absolute Gasteiger partial charge is 0.493 e. The van der Waals surface area contributed by atoms with Gasteiger partial charge in [0.05, 0.1) is 13.2 Å². The van der Waals surface area contributed by atoms with Gasteiger partial charge in [0.1, 0.15) is 11.8 Å². The van der Waals surface area contributed by atoms with Crippen molar-refractivity contribution in [2.45, 2.75) is 45.3 Å². The molecule has 0 bridgehead atoms. The lowest BCUT2D eigenvalue weighted by atomic mass is 9.82. The maximum absolute atomic E-state index is 14.4. The summed E-state index contributed by atoms with van der Waals surface area (Å²) < 4.78 is 39.3. The Hall–Kier alpha value is -3.07. The van der Waals surface area contributed by atoms with Gasteiger partial charge in [0.15, 0.2) is 11.6 Å². The number of methoxy groups -OCH3 is 1.